The number of carbonyl (C=O) groups is 1. The normalized spacial score (nSPS) is 16.7. The molecule has 2 aliphatic rings. The summed E-state index contributed by atoms with van der Waals surface area (Å²) < 4.78 is 26.6. The number of hydrogen-bond acceptors (Lipinski definition) is 5. The van der Waals surface area contributed by atoms with E-state index in [4.69, 9.17) is 9.47 Å². The van der Waals surface area contributed by atoms with E-state index in [1.165, 1.54) is 22.1 Å². The van der Waals surface area contributed by atoms with E-state index in [-0.39, 0.29) is 0 Å². The topological polar surface area (TPSA) is 59.0 Å². The molecule has 0 unspecified atom stereocenters. The van der Waals surface area contributed by atoms with Gasteiger partial charge in [0.05, 0.1) is 11.0 Å². The minimum Gasteiger partial charge on any atom is -0.488 e. The number of fused-ring (bicyclic) bond motifs is 1. The number of carboxylic acids is 1. The van der Waals surface area contributed by atoms with Crippen LogP contribution in [0.4, 0.5) is 4.39 Å². The second-order valence-corrected chi connectivity index (χ2v) is 10.6. The fourth-order valence-corrected chi connectivity index (χ4v) is 5.54. The molecule has 1 fully saturated rings. The van der Waals surface area contributed by atoms with Gasteiger partial charge in [0.25, 0.3) is 0 Å². The summed E-state index contributed by atoms with van der Waals surface area (Å²) >= 11 is 1.68. The minimum atomic E-state index is -0.782. The van der Waals surface area contributed by atoms with Gasteiger partial charge in [-0.2, -0.15) is 0 Å². The highest BCUT2D eigenvalue weighted by Gasteiger charge is 2.45. The Labute approximate surface area is 202 Å². The summed E-state index contributed by atoms with van der Waals surface area (Å²) in [6, 6.07) is 15.5. The molecule has 1 saturated heterocycles. The van der Waals surface area contributed by atoms with Crippen molar-refractivity contribution in [1.29, 1.82) is 0 Å². The van der Waals surface area contributed by atoms with Crippen LogP contribution >= 0.6 is 11.3 Å². The van der Waals surface area contributed by atoms with Crippen molar-refractivity contribution in [2.45, 2.75) is 20.5 Å². The first kappa shape index (κ1) is 22.6. The molecule has 2 aliphatic heterocycles. The van der Waals surface area contributed by atoms with Crippen molar-refractivity contribution in [2.75, 3.05) is 26.2 Å². The number of thiophene rings is 1. The number of benzene rings is 2. The number of halogens is 1. The molecule has 176 valence electrons. The highest BCUT2D eigenvalue weighted by atomic mass is 32.1. The van der Waals surface area contributed by atoms with Gasteiger partial charge in [-0.25, -0.2) is 4.39 Å². The average Bonchev–Trinajstić information content (AvgIpc) is 3.18. The van der Waals surface area contributed by atoms with Crippen molar-refractivity contribution in [3.05, 3.63) is 75.2 Å². The van der Waals surface area contributed by atoms with E-state index in [1.807, 2.05) is 29.2 Å². The number of hydrogen-bond donors (Lipinski definition) is 1. The summed E-state index contributed by atoms with van der Waals surface area (Å²) in [5, 5.41) is 9.27. The van der Waals surface area contributed by atoms with Gasteiger partial charge in [-0.05, 0) is 42.7 Å². The number of carboxylic acid groups (broad SMARTS) is 1. The van der Waals surface area contributed by atoms with Crippen molar-refractivity contribution >= 4 is 23.4 Å². The van der Waals surface area contributed by atoms with Crippen LogP contribution in [0.5, 0.6) is 11.5 Å². The third-order valence-electron chi connectivity index (χ3n) is 6.35. The molecule has 5 rings (SSSR count). The van der Waals surface area contributed by atoms with Gasteiger partial charge in [0.2, 0.25) is 0 Å². The maximum Gasteiger partial charge on any atom is 0.311 e. The lowest BCUT2D eigenvalue weighted by atomic mass is 9.82. The zero-order valence-corrected chi connectivity index (χ0v) is 20.0. The molecule has 2 aromatic carbocycles. The molecular weight excluding hydrogens is 453 g/mol. The average molecular weight is 480 g/mol. The molecule has 3 aromatic rings. The van der Waals surface area contributed by atoms with Crippen LogP contribution in [0, 0.1) is 18.2 Å². The van der Waals surface area contributed by atoms with Crippen molar-refractivity contribution in [3.63, 3.8) is 0 Å². The number of aryl methyl sites for hydroxylation is 1. The van der Waals surface area contributed by atoms with E-state index in [9.17, 15) is 14.3 Å². The molecule has 0 bridgehead atoms. The molecule has 0 aliphatic carbocycles. The number of rotatable bonds is 7. The predicted octanol–water partition coefficient (Wildman–Crippen LogP) is 5.62. The van der Waals surface area contributed by atoms with E-state index >= 15 is 0 Å². The third-order valence-corrected chi connectivity index (χ3v) is 7.37. The zero-order chi connectivity index (χ0) is 23.9. The van der Waals surface area contributed by atoms with Gasteiger partial charge < -0.3 is 14.6 Å². The van der Waals surface area contributed by atoms with Gasteiger partial charge >= 0.3 is 5.97 Å². The maximum absolute atomic E-state index is 14.9. The first-order chi connectivity index (χ1) is 16.3. The van der Waals surface area contributed by atoms with Gasteiger partial charge in [0.15, 0.2) is 0 Å². The molecule has 0 atom stereocenters. The fourth-order valence-electron chi connectivity index (χ4n) is 4.57. The number of nitrogens with zero attached hydrogens (tertiary/aromatic N) is 1. The second-order valence-electron chi connectivity index (χ2n) is 9.26. The maximum atomic E-state index is 14.9. The Morgan fingerprint density at radius 1 is 1.24 bits per heavy atom. The molecule has 0 radical (unpaired) electrons. The van der Waals surface area contributed by atoms with Gasteiger partial charge in [0, 0.05) is 41.5 Å². The Morgan fingerprint density at radius 3 is 2.74 bits per heavy atom. The molecule has 0 spiro atoms. The SMILES string of the molecule is Cc1sc(COc2cc(F)c3c(c2)OCC(CN2CC(C)(C(=O)O)C2)=C3)cc1-c1ccccc1. The molecule has 1 aromatic heterocycles. The lowest BCUT2D eigenvalue weighted by Crippen LogP contribution is -2.59. The summed E-state index contributed by atoms with van der Waals surface area (Å²) in [5.41, 5.74) is 2.99. The number of aliphatic carboxylic acids is 1. The first-order valence-corrected chi connectivity index (χ1v) is 12.0. The number of ether oxygens (including phenoxy) is 2. The molecule has 5 nitrogen and oxygen atoms in total. The predicted molar refractivity (Wildman–Crippen MR) is 131 cm³/mol. The van der Waals surface area contributed by atoms with Gasteiger partial charge in [-0.1, -0.05) is 30.3 Å². The van der Waals surface area contributed by atoms with Crippen LogP contribution in [-0.4, -0.2) is 42.2 Å². The lowest BCUT2D eigenvalue weighted by molar-refractivity contribution is -0.158. The summed E-state index contributed by atoms with van der Waals surface area (Å²) in [5.74, 6) is -0.281. The smallest absolute Gasteiger partial charge is 0.311 e. The van der Waals surface area contributed by atoms with E-state index in [0.717, 1.165) is 10.5 Å². The van der Waals surface area contributed by atoms with Crippen LogP contribution in [-0.2, 0) is 11.4 Å². The molecule has 7 heteroatoms. The van der Waals surface area contributed by atoms with Crippen LogP contribution < -0.4 is 9.47 Å². The van der Waals surface area contributed by atoms with E-state index in [1.54, 1.807) is 24.3 Å². The first-order valence-electron chi connectivity index (χ1n) is 11.2. The van der Waals surface area contributed by atoms with E-state index < -0.39 is 17.2 Å². The largest absolute Gasteiger partial charge is 0.488 e. The van der Waals surface area contributed by atoms with Gasteiger partial charge in [0.1, 0.15) is 30.5 Å². The Morgan fingerprint density at radius 2 is 2.00 bits per heavy atom. The summed E-state index contributed by atoms with van der Waals surface area (Å²) in [7, 11) is 0. The fraction of sp³-hybridized carbons (Fsp3) is 0.296. The molecule has 34 heavy (non-hydrogen) atoms. The Kier molecular flexibility index (Phi) is 5.91. The second kappa shape index (κ2) is 8.89. The molecule has 1 N–H and O–H groups in total. The van der Waals surface area contributed by atoms with Crippen molar-refractivity contribution < 1.29 is 23.8 Å². The van der Waals surface area contributed by atoms with Crippen LogP contribution in [0.2, 0.25) is 0 Å². The molecule has 0 amide bonds. The molecular formula is C27H26FNO4S. The van der Waals surface area contributed by atoms with Crippen LogP contribution in [0.25, 0.3) is 17.2 Å². The molecule has 3 heterocycles. The monoisotopic (exact) mass is 479 g/mol. The van der Waals surface area contributed by atoms with E-state index in [2.05, 4.69) is 25.1 Å². The standard InChI is InChI=1S/C27H26FNO4S/c1-17-22(19-6-4-3-5-7-19)11-21(34-17)14-32-20-9-24(28)23-8-18(13-33-25(23)10-20)12-29-15-27(2,16-29)26(30)31/h3-11H,12-16H2,1-2H3,(H,30,31). The zero-order valence-electron chi connectivity index (χ0n) is 19.1. The highest BCUT2D eigenvalue weighted by molar-refractivity contribution is 7.12. The summed E-state index contributed by atoms with van der Waals surface area (Å²) in [6.07, 6.45) is 1.81. The third kappa shape index (κ3) is 4.45. The quantitative estimate of drug-likeness (QED) is 0.476. The van der Waals surface area contributed by atoms with Crippen molar-refractivity contribution in [1.82, 2.24) is 4.90 Å². The van der Waals surface area contributed by atoms with Crippen LogP contribution in [0.1, 0.15) is 22.2 Å². The summed E-state index contributed by atoms with van der Waals surface area (Å²) in [6.45, 7) is 6.08. The molecule has 0 saturated carbocycles. The van der Waals surface area contributed by atoms with Crippen LogP contribution in [0.3, 0.4) is 0 Å². The Balaban J connectivity index is 1.24. The van der Waals surface area contributed by atoms with Crippen LogP contribution in [0.15, 0.2) is 54.1 Å². The minimum absolute atomic E-state index is 0.348. The van der Waals surface area contributed by atoms with Crippen molar-refractivity contribution in [3.8, 4) is 22.6 Å². The van der Waals surface area contributed by atoms with E-state index in [0.29, 0.717) is 49.9 Å². The van der Waals surface area contributed by atoms with Crippen molar-refractivity contribution in [2.24, 2.45) is 5.41 Å². The Hall–Kier alpha value is -3.16. The lowest BCUT2D eigenvalue weighted by Gasteiger charge is -2.45. The van der Waals surface area contributed by atoms with Gasteiger partial charge in [-0.3, -0.25) is 9.69 Å². The highest BCUT2D eigenvalue weighted by Crippen LogP contribution is 2.36. The number of likely N-dealkylation sites (tertiary alicyclic amines) is 1. The Bertz CT molecular complexity index is 1260. The van der Waals surface area contributed by atoms with Gasteiger partial charge in [-0.15, -0.1) is 11.3 Å². The summed E-state index contributed by atoms with van der Waals surface area (Å²) in [4.78, 5) is 15.6.